The zero-order valence-electron chi connectivity index (χ0n) is 16.0. The molecule has 12 nitrogen and oxygen atoms in total. The van der Waals surface area contributed by atoms with Gasteiger partial charge in [-0.3, -0.25) is 19.2 Å². The van der Waals surface area contributed by atoms with Crippen LogP contribution in [0.25, 0.3) is 0 Å². The summed E-state index contributed by atoms with van der Waals surface area (Å²) in [6, 6.07) is -1.17. The van der Waals surface area contributed by atoms with Gasteiger partial charge in [0.05, 0.1) is 12.0 Å². The third kappa shape index (κ3) is 11.4. The summed E-state index contributed by atoms with van der Waals surface area (Å²) in [5, 5.41) is 22.5. The summed E-state index contributed by atoms with van der Waals surface area (Å²) in [5.41, 5.74) is 15.1. The van der Waals surface area contributed by atoms with E-state index in [4.69, 9.17) is 32.2 Å². The third-order valence-electron chi connectivity index (χ3n) is 3.98. The Morgan fingerprint density at radius 3 is 2.36 bits per heavy atom. The van der Waals surface area contributed by atoms with Crippen molar-refractivity contribution in [3.8, 4) is 0 Å². The lowest BCUT2D eigenvalue weighted by Gasteiger charge is -2.20. The molecule has 0 fully saturated rings. The third-order valence-corrected chi connectivity index (χ3v) is 3.98. The van der Waals surface area contributed by atoms with Crippen molar-refractivity contribution in [2.75, 3.05) is 13.3 Å². The maximum atomic E-state index is 11.9. The minimum absolute atomic E-state index is 0.0788. The maximum absolute atomic E-state index is 11.9. The molecule has 0 aliphatic carbocycles. The van der Waals surface area contributed by atoms with E-state index in [1.807, 2.05) is 0 Å². The van der Waals surface area contributed by atoms with Crippen LogP contribution in [0.1, 0.15) is 45.4 Å². The first-order valence-corrected chi connectivity index (χ1v) is 8.85. The number of primary amides is 1. The van der Waals surface area contributed by atoms with E-state index in [2.05, 4.69) is 10.6 Å². The number of carboxylic acid groups (broad SMARTS) is 1. The molecule has 0 saturated carbocycles. The number of ether oxygens (including phenoxy) is 1. The standard InChI is InChI=1S/C16H31N5O7/c1-16(19,15(18)27)6-2-3-7-20-12(24)8-13(28-9-22)21-11(23)5-4-10(17)14(25)26/h10,13,22H,2-9,17,19H2,1H3,(H2,18,27)(H,20,24)(H,21,23)(H,25,26). The fourth-order valence-corrected chi connectivity index (χ4v) is 2.11. The van der Waals surface area contributed by atoms with Crippen molar-refractivity contribution in [2.45, 2.75) is 63.3 Å². The average Bonchev–Trinajstić information content (AvgIpc) is 2.59. The van der Waals surface area contributed by atoms with Crippen LogP contribution < -0.4 is 27.8 Å². The van der Waals surface area contributed by atoms with Gasteiger partial charge in [-0.1, -0.05) is 0 Å². The van der Waals surface area contributed by atoms with Crippen molar-refractivity contribution >= 4 is 23.7 Å². The average molecular weight is 405 g/mol. The molecule has 0 aromatic carbocycles. The molecule has 12 heteroatoms. The number of nitrogens with one attached hydrogen (secondary N) is 2. The summed E-state index contributed by atoms with van der Waals surface area (Å²) in [7, 11) is 0. The van der Waals surface area contributed by atoms with Gasteiger partial charge in [-0.2, -0.15) is 0 Å². The van der Waals surface area contributed by atoms with Crippen molar-refractivity contribution in [3.63, 3.8) is 0 Å². The zero-order valence-corrected chi connectivity index (χ0v) is 16.0. The fraction of sp³-hybridized carbons (Fsp3) is 0.750. The van der Waals surface area contributed by atoms with Gasteiger partial charge < -0.3 is 42.8 Å². The number of aliphatic carboxylic acids is 1. The SMILES string of the molecule is CC(N)(CCCCNC(=O)CC(NC(=O)CCC(N)C(=O)O)OCO)C(N)=O. The van der Waals surface area contributed by atoms with Crippen molar-refractivity contribution in [1.29, 1.82) is 0 Å². The molecule has 3 amide bonds. The molecule has 0 aromatic heterocycles. The van der Waals surface area contributed by atoms with Gasteiger partial charge in [-0.25, -0.2) is 0 Å². The largest absolute Gasteiger partial charge is 0.480 e. The van der Waals surface area contributed by atoms with Crippen LogP contribution in [0.3, 0.4) is 0 Å². The number of carbonyl (C=O) groups is 4. The highest BCUT2D eigenvalue weighted by Gasteiger charge is 2.24. The molecule has 0 heterocycles. The summed E-state index contributed by atoms with van der Waals surface area (Å²) >= 11 is 0. The number of nitrogens with two attached hydrogens (primary N) is 3. The van der Waals surface area contributed by atoms with E-state index in [1.54, 1.807) is 0 Å². The normalized spacial score (nSPS) is 15.1. The van der Waals surface area contributed by atoms with Gasteiger partial charge in [-0.05, 0) is 32.6 Å². The number of hydrogen-bond acceptors (Lipinski definition) is 8. The van der Waals surface area contributed by atoms with Gasteiger partial charge in [0.25, 0.3) is 0 Å². The van der Waals surface area contributed by atoms with E-state index in [9.17, 15) is 19.2 Å². The second-order valence-corrected chi connectivity index (χ2v) is 6.63. The predicted molar refractivity (Wildman–Crippen MR) is 98.2 cm³/mol. The quantitative estimate of drug-likeness (QED) is 0.112. The molecule has 0 aliphatic heterocycles. The topological polar surface area (TPSA) is 220 Å². The van der Waals surface area contributed by atoms with Crippen LogP contribution in [0, 0.1) is 0 Å². The lowest BCUT2D eigenvalue weighted by Crippen LogP contribution is -2.49. The van der Waals surface area contributed by atoms with Crippen LogP contribution in [0.2, 0.25) is 0 Å². The van der Waals surface area contributed by atoms with Gasteiger partial charge in [-0.15, -0.1) is 0 Å². The molecule has 0 aromatic rings. The Bertz CT molecular complexity index is 541. The van der Waals surface area contributed by atoms with Gasteiger partial charge >= 0.3 is 5.97 Å². The minimum atomic E-state index is -1.22. The number of aliphatic hydroxyl groups is 1. The van der Waals surface area contributed by atoms with Crippen LogP contribution in [0.4, 0.5) is 0 Å². The Balaban J connectivity index is 4.20. The number of rotatable bonds is 15. The molecule has 3 unspecified atom stereocenters. The summed E-state index contributed by atoms with van der Waals surface area (Å²) < 4.78 is 4.88. The van der Waals surface area contributed by atoms with E-state index in [-0.39, 0.29) is 19.3 Å². The van der Waals surface area contributed by atoms with Crippen molar-refractivity contribution in [3.05, 3.63) is 0 Å². The van der Waals surface area contributed by atoms with Gasteiger partial charge in [0.1, 0.15) is 19.1 Å². The predicted octanol–water partition coefficient (Wildman–Crippen LogP) is -2.53. The monoisotopic (exact) mass is 405 g/mol. The number of carbonyl (C=O) groups excluding carboxylic acids is 3. The molecule has 0 bridgehead atoms. The number of carboxylic acids is 1. The van der Waals surface area contributed by atoms with Gasteiger partial charge in [0.2, 0.25) is 17.7 Å². The van der Waals surface area contributed by atoms with Crippen LogP contribution in [-0.2, 0) is 23.9 Å². The van der Waals surface area contributed by atoms with Gasteiger partial charge in [0.15, 0.2) is 0 Å². The second kappa shape index (κ2) is 13.0. The Labute approximate surface area is 163 Å². The first kappa shape index (κ1) is 25.7. The number of amides is 3. The lowest BCUT2D eigenvalue weighted by atomic mass is 9.95. The molecule has 28 heavy (non-hydrogen) atoms. The summed E-state index contributed by atoms with van der Waals surface area (Å²) in [5.74, 6) is -2.80. The van der Waals surface area contributed by atoms with Crippen molar-refractivity contribution in [1.82, 2.24) is 10.6 Å². The molecule has 0 saturated heterocycles. The molecule has 10 N–H and O–H groups in total. The summed E-state index contributed by atoms with van der Waals surface area (Å²) in [6.07, 6.45) is -0.0380. The molecule has 162 valence electrons. The first-order valence-electron chi connectivity index (χ1n) is 8.85. The zero-order chi connectivity index (χ0) is 21.7. The molecule has 0 spiro atoms. The Hall–Kier alpha value is -2.28. The van der Waals surface area contributed by atoms with Crippen LogP contribution in [0.15, 0.2) is 0 Å². The summed E-state index contributed by atoms with van der Waals surface area (Å²) in [4.78, 5) is 45.4. The lowest BCUT2D eigenvalue weighted by molar-refractivity contribution is -0.138. The highest BCUT2D eigenvalue weighted by molar-refractivity contribution is 5.83. The highest BCUT2D eigenvalue weighted by atomic mass is 16.6. The smallest absolute Gasteiger partial charge is 0.320 e. The summed E-state index contributed by atoms with van der Waals surface area (Å²) in [6.45, 7) is 1.15. The first-order chi connectivity index (χ1) is 13.0. The highest BCUT2D eigenvalue weighted by Crippen LogP contribution is 2.09. The Kier molecular flexibility index (Phi) is 11.9. The van der Waals surface area contributed by atoms with E-state index >= 15 is 0 Å². The number of aliphatic hydroxyl groups excluding tert-OH is 1. The van der Waals surface area contributed by atoms with Crippen LogP contribution in [-0.4, -0.2) is 65.1 Å². The van der Waals surface area contributed by atoms with Crippen molar-refractivity contribution in [2.24, 2.45) is 17.2 Å². The van der Waals surface area contributed by atoms with Gasteiger partial charge in [0, 0.05) is 13.0 Å². The van der Waals surface area contributed by atoms with E-state index in [0.717, 1.165) is 0 Å². The van der Waals surface area contributed by atoms with Crippen LogP contribution >= 0.6 is 0 Å². The molecular formula is C16H31N5O7. The molecule has 0 aliphatic rings. The molecule has 0 radical (unpaired) electrons. The fourth-order valence-electron chi connectivity index (χ4n) is 2.11. The second-order valence-electron chi connectivity index (χ2n) is 6.63. The van der Waals surface area contributed by atoms with E-state index < -0.39 is 48.3 Å². The van der Waals surface area contributed by atoms with Crippen LogP contribution in [0.5, 0.6) is 0 Å². The maximum Gasteiger partial charge on any atom is 0.320 e. The number of unbranched alkanes of at least 4 members (excludes halogenated alkanes) is 1. The Morgan fingerprint density at radius 1 is 1.18 bits per heavy atom. The van der Waals surface area contributed by atoms with E-state index in [1.165, 1.54) is 6.92 Å². The minimum Gasteiger partial charge on any atom is -0.480 e. The Morgan fingerprint density at radius 2 is 1.82 bits per heavy atom. The molecule has 0 rings (SSSR count). The molecular weight excluding hydrogens is 374 g/mol. The van der Waals surface area contributed by atoms with Crippen molar-refractivity contribution < 1.29 is 34.1 Å². The molecule has 3 atom stereocenters. The van der Waals surface area contributed by atoms with E-state index in [0.29, 0.717) is 25.8 Å². The number of hydrogen-bond donors (Lipinski definition) is 7.